The summed E-state index contributed by atoms with van der Waals surface area (Å²) in [4.78, 5) is 13.1. The van der Waals surface area contributed by atoms with E-state index in [4.69, 9.17) is 0 Å². The van der Waals surface area contributed by atoms with E-state index in [0.717, 1.165) is 40.2 Å². The highest BCUT2D eigenvalue weighted by molar-refractivity contribution is 9.11. The molecular weight excluding hydrogens is 324 g/mol. The highest BCUT2D eigenvalue weighted by Crippen LogP contribution is 2.27. The van der Waals surface area contributed by atoms with Gasteiger partial charge < -0.3 is 10.6 Å². The van der Waals surface area contributed by atoms with Gasteiger partial charge in [-0.05, 0) is 48.3 Å². The molecular formula is C11H16BrClN2OS. The minimum absolute atomic E-state index is 0. The molecule has 0 unspecified atom stereocenters. The molecule has 0 aliphatic carbocycles. The van der Waals surface area contributed by atoms with Crippen LogP contribution < -0.4 is 10.6 Å². The van der Waals surface area contributed by atoms with Crippen LogP contribution in [0.25, 0.3) is 0 Å². The van der Waals surface area contributed by atoms with Gasteiger partial charge in [-0.15, -0.1) is 23.7 Å². The van der Waals surface area contributed by atoms with Crippen LogP contribution in [0.3, 0.4) is 0 Å². The summed E-state index contributed by atoms with van der Waals surface area (Å²) in [7, 11) is 0. The van der Waals surface area contributed by atoms with Crippen LogP contribution in [0.1, 0.15) is 28.1 Å². The van der Waals surface area contributed by atoms with Crippen molar-refractivity contribution >= 4 is 45.6 Å². The van der Waals surface area contributed by atoms with Gasteiger partial charge in [0.2, 0.25) is 0 Å². The monoisotopic (exact) mass is 338 g/mol. The topological polar surface area (TPSA) is 41.1 Å². The van der Waals surface area contributed by atoms with Gasteiger partial charge in [-0.2, -0.15) is 0 Å². The van der Waals surface area contributed by atoms with Crippen LogP contribution >= 0.6 is 39.7 Å². The molecule has 0 saturated carbocycles. The normalized spacial score (nSPS) is 19.5. The average Bonchev–Trinajstić information content (AvgIpc) is 2.59. The number of aryl methyl sites for hydroxylation is 1. The lowest BCUT2D eigenvalue weighted by Gasteiger charge is -2.23. The number of rotatable bonds is 2. The first-order valence-electron chi connectivity index (χ1n) is 5.44. The maximum Gasteiger partial charge on any atom is 0.253 e. The molecule has 1 saturated heterocycles. The van der Waals surface area contributed by atoms with Gasteiger partial charge in [-0.25, -0.2) is 0 Å². The molecule has 1 aliphatic rings. The van der Waals surface area contributed by atoms with Crippen molar-refractivity contribution in [3.63, 3.8) is 0 Å². The molecule has 96 valence electrons. The molecule has 2 rings (SSSR count). The van der Waals surface area contributed by atoms with Crippen molar-refractivity contribution in [1.29, 1.82) is 0 Å². The van der Waals surface area contributed by atoms with E-state index in [1.807, 2.05) is 13.0 Å². The Labute approximate surface area is 120 Å². The lowest BCUT2D eigenvalue weighted by atomic mass is 10.1. The van der Waals surface area contributed by atoms with Crippen LogP contribution in [0.5, 0.6) is 0 Å². The first-order chi connectivity index (χ1) is 7.66. The molecule has 3 nitrogen and oxygen atoms in total. The SMILES string of the molecule is Cc1cc(C(=O)N[C@H]2CCCNC2)c(Br)s1.Cl. The molecule has 2 N–H and O–H groups in total. The Kier molecular flexibility index (Phi) is 5.92. The highest BCUT2D eigenvalue weighted by atomic mass is 79.9. The second kappa shape index (κ2) is 6.73. The predicted molar refractivity (Wildman–Crippen MR) is 77.4 cm³/mol. The van der Waals surface area contributed by atoms with Crippen molar-refractivity contribution in [1.82, 2.24) is 10.6 Å². The molecule has 1 aromatic heterocycles. The van der Waals surface area contributed by atoms with Crippen molar-refractivity contribution in [3.05, 3.63) is 20.3 Å². The lowest BCUT2D eigenvalue weighted by Crippen LogP contribution is -2.45. The van der Waals surface area contributed by atoms with Crippen molar-refractivity contribution in [3.8, 4) is 0 Å². The molecule has 2 heterocycles. The number of carbonyl (C=O) groups is 1. The molecule has 1 atom stereocenters. The van der Waals surface area contributed by atoms with Gasteiger partial charge in [0.1, 0.15) is 0 Å². The molecule has 0 spiro atoms. The first kappa shape index (κ1) is 15.0. The minimum atomic E-state index is 0. The van der Waals surface area contributed by atoms with Crippen LogP contribution in [-0.2, 0) is 0 Å². The zero-order valence-corrected chi connectivity index (χ0v) is 12.8. The third-order valence-electron chi connectivity index (χ3n) is 2.69. The number of hydrogen-bond acceptors (Lipinski definition) is 3. The quantitative estimate of drug-likeness (QED) is 0.870. The Hall–Kier alpha value is -0.1000. The van der Waals surface area contributed by atoms with Gasteiger partial charge in [-0.3, -0.25) is 4.79 Å². The van der Waals surface area contributed by atoms with Crippen molar-refractivity contribution in [2.45, 2.75) is 25.8 Å². The van der Waals surface area contributed by atoms with Crippen LogP contribution in [0.15, 0.2) is 9.85 Å². The summed E-state index contributed by atoms with van der Waals surface area (Å²) >= 11 is 5.02. The first-order valence-corrected chi connectivity index (χ1v) is 7.05. The van der Waals surface area contributed by atoms with E-state index < -0.39 is 0 Å². The zero-order valence-electron chi connectivity index (χ0n) is 9.59. The smallest absolute Gasteiger partial charge is 0.253 e. The van der Waals surface area contributed by atoms with Gasteiger partial charge in [0, 0.05) is 17.5 Å². The summed E-state index contributed by atoms with van der Waals surface area (Å²) in [6.07, 6.45) is 2.20. The fourth-order valence-electron chi connectivity index (χ4n) is 1.88. The molecule has 0 bridgehead atoms. The fourth-order valence-corrected chi connectivity index (χ4v) is 3.66. The second-order valence-electron chi connectivity index (χ2n) is 4.06. The van der Waals surface area contributed by atoms with Crippen LogP contribution in [-0.4, -0.2) is 25.0 Å². The Bertz CT molecular complexity index is 391. The van der Waals surface area contributed by atoms with E-state index in [2.05, 4.69) is 26.6 Å². The Morgan fingerprint density at radius 1 is 1.65 bits per heavy atom. The minimum Gasteiger partial charge on any atom is -0.348 e. The number of nitrogens with one attached hydrogen (secondary N) is 2. The zero-order chi connectivity index (χ0) is 11.5. The molecule has 1 fully saturated rings. The molecule has 6 heteroatoms. The van der Waals surface area contributed by atoms with E-state index >= 15 is 0 Å². The van der Waals surface area contributed by atoms with Crippen LogP contribution in [0.4, 0.5) is 0 Å². The number of amides is 1. The predicted octanol–water partition coefficient (Wildman–Crippen LogP) is 2.72. The van der Waals surface area contributed by atoms with Crippen LogP contribution in [0, 0.1) is 6.92 Å². The van der Waals surface area contributed by atoms with E-state index in [0.29, 0.717) is 0 Å². The van der Waals surface area contributed by atoms with E-state index in [1.54, 1.807) is 11.3 Å². The third-order valence-corrected chi connectivity index (χ3v) is 4.44. The summed E-state index contributed by atoms with van der Waals surface area (Å²) in [5.41, 5.74) is 0.757. The molecule has 17 heavy (non-hydrogen) atoms. The summed E-state index contributed by atoms with van der Waals surface area (Å²) in [5.74, 6) is 0.0323. The Balaban J connectivity index is 0.00000144. The number of thiophene rings is 1. The number of piperidine rings is 1. The highest BCUT2D eigenvalue weighted by Gasteiger charge is 2.18. The summed E-state index contributed by atoms with van der Waals surface area (Å²) in [6.45, 7) is 3.95. The standard InChI is InChI=1S/C11H15BrN2OS.ClH/c1-7-5-9(10(12)16-7)11(15)14-8-3-2-4-13-6-8;/h5,8,13H,2-4,6H2,1H3,(H,14,15);1H/t8-;/m0./s1. The average molecular weight is 340 g/mol. The second-order valence-corrected chi connectivity index (χ2v) is 6.64. The van der Waals surface area contributed by atoms with E-state index in [-0.39, 0.29) is 24.4 Å². The third kappa shape index (κ3) is 3.95. The van der Waals surface area contributed by atoms with Gasteiger partial charge in [0.05, 0.1) is 9.35 Å². The largest absolute Gasteiger partial charge is 0.348 e. The Morgan fingerprint density at radius 3 is 2.94 bits per heavy atom. The van der Waals surface area contributed by atoms with Gasteiger partial charge in [0.15, 0.2) is 0 Å². The summed E-state index contributed by atoms with van der Waals surface area (Å²) in [5, 5.41) is 6.35. The summed E-state index contributed by atoms with van der Waals surface area (Å²) < 4.78 is 0.922. The van der Waals surface area contributed by atoms with Crippen molar-refractivity contribution in [2.24, 2.45) is 0 Å². The maximum atomic E-state index is 12.0. The van der Waals surface area contributed by atoms with Crippen LogP contribution in [0.2, 0.25) is 0 Å². The van der Waals surface area contributed by atoms with E-state index in [1.165, 1.54) is 0 Å². The number of hydrogen-bond donors (Lipinski definition) is 2. The molecule has 0 radical (unpaired) electrons. The van der Waals surface area contributed by atoms with Gasteiger partial charge in [0.25, 0.3) is 5.91 Å². The molecule has 1 aliphatic heterocycles. The van der Waals surface area contributed by atoms with E-state index in [9.17, 15) is 4.79 Å². The Morgan fingerprint density at radius 2 is 2.41 bits per heavy atom. The van der Waals surface area contributed by atoms with Crippen molar-refractivity contribution in [2.75, 3.05) is 13.1 Å². The number of halogens is 2. The summed E-state index contributed by atoms with van der Waals surface area (Å²) in [6, 6.07) is 2.20. The molecule has 1 aromatic rings. The maximum absolute atomic E-state index is 12.0. The molecule has 1 amide bonds. The van der Waals surface area contributed by atoms with Crippen molar-refractivity contribution < 1.29 is 4.79 Å². The lowest BCUT2D eigenvalue weighted by molar-refractivity contribution is 0.0930. The molecule has 0 aromatic carbocycles. The fraction of sp³-hybridized carbons (Fsp3) is 0.545. The number of carbonyl (C=O) groups excluding carboxylic acids is 1. The van der Waals surface area contributed by atoms with Gasteiger partial charge >= 0.3 is 0 Å². The van der Waals surface area contributed by atoms with Gasteiger partial charge in [-0.1, -0.05) is 0 Å².